The third-order valence-corrected chi connectivity index (χ3v) is 3.14. The second kappa shape index (κ2) is 6.30. The molecule has 112 valence electrons. The smallest absolute Gasteiger partial charge is 0.330 e. The van der Waals surface area contributed by atoms with E-state index in [1.54, 1.807) is 21.0 Å². The lowest BCUT2D eigenvalue weighted by Crippen LogP contribution is -2.36. The minimum absolute atomic E-state index is 0.176. The topological polar surface area (TPSA) is 76.1 Å². The number of H-pyrrole nitrogens is 1. The molecule has 0 unspecified atom stereocenters. The summed E-state index contributed by atoms with van der Waals surface area (Å²) < 4.78 is 6.43. The van der Waals surface area contributed by atoms with Crippen LogP contribution in [0, 0.1) is 0 Å². The van der Waals surface area contributed by atoms with Crippen molar-refractivity contribution < 1.29 is 4.74 Å². The molecule has 0 aliphatic heterocycles. The van der Waals surface area contributed by atoms with Gasteiger partial charge >= 0.3 is 5.69 Å². The highest BCUT2D eigenvalue weighted by Crippen LogP contribution is 2.17. The molecule has 0 saturated heterocycles. The van der Waals surface area contributed by atoms with E-state index in [0.717, 1.165) is 11.3 Å². The Labute approximate surface area is 122 Å². The average Bonchev–Trinajstić information content (AvgIpc) is 2.44. The van der Waals surface area contributed by atoms with Crippen molar-refractivity contribution in [3.05, 3.63) is 56.7 Å². The summed E-state index contributed by atoms with van der Waals surface area (Å²) >= 11 is 0. The lowest BCUT2D eigenvalue weighted by atomic mass is 10.2. The van der Waals surface area contributed by atoms with Gasteiger partial charge in [0, 0.05) is 24.2 Å². The first kappa shape index (κ1) is 14.9. The van der Waals surface area contributed by atoms with Crippen molar-refractivity contribution in [3.8, 4) is 5.75 Å². The SMILES string of the molecule is COc1ccccc1CNc1cc(=O)n(C(C)C)c(=O)[nH]1. The monoisotopic (exact) mass is 289 g/mol. The molecule has 6 heteroatoms. The molecule has 21 heavy (non-hydrogen) atoms. The summed E-state index contributed by atoms with van der Waals surface area (Å²) in [5.41, 5.74) is 0.199. The van der Waals surface area contributed by atoms with E-state index in [1.165, 1.54) is 10.6 Å². The fraction of sp³-hybridized carbons (Fsp3) is 0.333. The molecule has 0 radical (unpaired) electrons. The third kappa shape index (κ3) is 3.34. The number of rotatable bonds is 5. The van der Waals surface area contributed by atoms with E-state index in [-0.39, 0.29) is 11.6 Å². The van der Waals surface area contributed by atoms with Crippen LogP contribution in [0.2, 0.25) is 0 Å². The lowest BCUT2D eigenvalue weighted by molar-refractivity contribution is 0.410. The summed E-state index contributed by atoms with van der Waals surface area (Å²) in [5.74, 6) is 1.15. The van der Waals surface area contributed by atoms with Crippen molar-refractivity contribution in [2.75, 3.05) is 12.4 Å². The van der Waals surface area contributed by atoms with Crippen molar-refractivity contribution in [2.24, 2.45) is 0 Å². The van der Waals surface area contributed by atoms with Crippen LogP contribution in [-0.4, -0.2) is 16.7 Å². The molecule has 0 saturated carbocycles. The van der Waals surface area contributed by atoms with E-state index in [0.29, 0.717) is 12.4 Å². The molecule has 2 rings (SSSR count). The minimum atomic E-state index is -0.417. The number of hydrogen-bond donors (Lipinski definition) is 2. The second-order valence-corrected chi connectivity index (χ2v) is 4.96. The standard InChI is InChI=1S/C15H19N3O3/c1-10(2)18-14(19)8-13(17-15(18)20)16-9-11-6-4-5-7-12(11)21-3/h4-8,10,16H,9H2,1-3H3,(H,17,20). The third-order valence-electron chi connectivity index (χ3n) is 3.14. The molecule has 0 aliphatic rings. The molecule has 0 aliphatic carbocycles. The lowest BCUT2D eigenvalue weighted by Gasteiger charge is -2.12. The molecule has 0 amide bonds. The Kier molecular flexibility index (Phi) is 4.47. The molecule has 1 aromatic heterocycles. The Morgan fingerprint density at radius 3 is 2.62 bits per heavy atom. The van der Waals surface area contributed by atoms with Gasteiger partial charge in [0.05, 0.1) is 7.11 Å². The molecule has 0 spiro atoms. The highest BCUT2D eigenvalue weighted by atomic mass is 16.5. The number of nitrogens with one attached hydrogen (secondary N) is 2. The van der Waals surface area contributed by atoms with Gasteiger partial charge < -0.3 is 10.1 Å². The van der Waals surface area contributed by atoms with Crippen molar-refractivity contribution >= 4 is 5.82 Å². The molecular weight excluding hydrogens is 270 g/mol. The number of aromatic amines is 1. The van der Waals surface area contributed by atoms with Crippen molar-refractivity contribution in [1.82, 2.24) is 9.55 Å². The van der Waals surface area contributed by atoms with Crippen LogP contribution in [0.3, 0.4) is 0 Å². The molecular formula is C15H19N3O3. The van der Waals surface area contributed by atoms with Crippen LogP contribution in [-0.2, 0) is 6.54 Å². The predicted octanol–water partition coefficient (Wildman–Crippen LogP) is 1.74. The zero-order valence-electron chi connectivity index (χ0n) is 12.3. The average molecular weight is 289 g/mol. The van der Waals surface area contributed by atoms with Gasteiger partial charge in [-0.25, -0.2) is 4.79 Å². The first-order chi connectivity index (χ1) is 10.0. The van der Waals surface area contributed by atoms with Crippen LogP contribution in [0.25, 0.3) is 0 Å². The molecule has 1 aromatic carbocycles. The Balaban J connectivity index is 2.22. The van der Waals surface area contributed by atoms with Gasteiger partial charge in [0.2, 0.25) is 0 Å². The van der Waals surface area contributed by atoms with E-state index >= 15 is 0 Å². The predicted molar refractivity (Wildman–Crippen MR) is 82.0 cm³/mol. The van der Waals surface area contributed by atoms with Gasteiger partial charge in [0.15, 0.2) is 0 Å². The Morgan fingerprint density at radius 2 is 2.00 bits per heavy atom. The molecule has 2 aromatic rings. The van der Waals surface area contributed by atoms with Gasteiger partial charge in [-0.1, -0.05) is 18.2 Å². The number of nitrogens with zero attached hydrogens (tertiary/aromatic N) is 1. The van der Waals surface area contributed by atoms with Crippen LogP contribution in [0.4, 0.5) is 5.82 Å². The van der Waals surface area contributed by atoms with E-state index < -0.39 is 5.69 Å². The van der Waals surface area contributed by atoms with E-state index in [9.17, 15) is 9.59 Å². The molecule has 6 nitrogen and oxygen atoms in total. The van der Waals surface area contributed by atoms with Gasteiger partial charge in [-0.15, -0.1) is 0 Å². The van der Waals surface area contributed by atoms with Gasteiger partial charge in [-0.3, -0.25) is 14.3 Å². The van der Waals surface area contributed by atoms with Crippen molar-refractivity contribution in [3.63, 3.8) is 0 Å². The first-order valence-corrected chi connectivity index (χ1v) is 6.74. The maximum atomic E-state index is 11.9. The first-order valence-electron chi connectivity index (χ1n) is 6.74. The number of para-hydroxylation sites is 1. The summed E-state index contributed by atoms with van der Waals surface area (Å²) in [6, 6.07) is 8.77. The van der Waals surface area contributed by atoms with Crippen LogP contribution in [0.15, 0.2) is 39.9 Å². The summed E-state index contributed by atoms with van der Waals surface area (Å²) in [5, 5.41) is 3.03. The number of ether oxygens (including phenoxy) is 1. The van der Waals surface area contributed by atoms with Crippen LogP contribution in [0.1, 0.15) is 25.5 Å². The quantitative estimate of drug-likeness (QED) is 0.879. The molecule has 1 heterocycles. The number of aromatic nitrogens is 2. The van der Waals surface area contributed by atoms with E-state index in [4.69, 9.17) is 4.74 Å². The van der Waals surface area contributed by atoms with Crippen LogP contribution < -0.4 is 21.3 Å². The van der Waals surface area contributed by atoms with E-state index in [2.05, 4.69) is 10.3 Å². The molecule has 0 bridgehead atoms. The van der Waals surface area contributed by atoms with Crippen molar-refractivity contribution in [1.29, 1.82) is 0 Å². The highest BCUT2D eigenvalue weighted by Gasteiger charge is 2.08. The fourth-order valence-corrected chi connectivity index (χ4v) is 2.13. The van der Waals surface area contributed by atoms with Gasteiger partial charge in [0.1, 0.15) is 11.6 Å². The zero-order valence-corrected chi connectivity index (χ0v) is 12.3. The van der Waals surface area contributed by atoms with E-state index in [1.807, 2.05) is 24.3 Å². The number of benzene rings is 1. The van der Waals surface area contributed by atoms with Gasteiger partial charge in [-0.2, -0.15) is 0 Å². The number of anilines is 1. The molecule has 0 atom stereocenters. The number of hydrogen-bond acceptors (Lipinski definition) is 4. The Hall–Kier alpha value is -2.50. The normalized spacial score (nSPS) is 10.7. The summed E-state index contributed by atoms with van der Waals surface area (Å²) in [4.78, 5) is 26.5. The second-order valence-electron chi connectivity index (χ2n) is 4.96. The largest absolute Gasteiger partial charge is 0.496 e. The van der Waals surface area contributed by atoms with Gasteiger partial charge in [0.25, 0.3) is 5.56 Å². The summed E-state index contributed by atoms with van der Waals surface area (Å²) in [6.45, 7) is 4.03. The Morgan fingerprint density at radius 1 is 1.29 bits per heavy atom. The summed E-state index contributed by atoms with van der Waals surface area (Å²) in [7, 11) is 1.60. The maximum Gasteiger partial charge on any atom is 0.330 e. The van der Waals surface area contributed by atoms with Crippen molar-refractivity contribution in [2.45, 2.75) is 26.4 Å². The minimum Gasteiger partial charge on any atom is -0.496 e. The molecule has 2 N–H and O–H groups in total. The van der Waals surface area contributed by atoms with Crippen LogP contribution >= 0.6 is 0 Å². The fourth-order valence-electron chi connectivity index (χ4n) is 2.13. The Bertz CT molecular complexity index is 700. The maximum absolute atomic E-state index is 11.9. The van der Waals surface area contributed by atoms with Gasteiger partial charge in [-0.05, 0) is 19.9 Å². The highest BCUT2D eigenvalue weighted by molar-refractivity contribution is 5.39. The molecule has 0 fully saturated rings. The zero-order chi connectivity index (χ0) is 15.4. The van der Waals surface area contributed by atoms with Crippen LogP contribution in [0.5, 0.6) is 5.75 Å². The summed E-state index contributed by atoms with van der Waals surface area (Å²) in [6.07, 6.45) is 0. The number of methoxy groups -OCH3 is 1.